The predicted molar refractivity (Wildman–Crippen MR) is 168 cm³/mol. The molecule has 7 aromatic rings. The van der Waals surface area contributed by atoms with E-state index < -0.39 is 0 Å². The SMILES string of the molecule is CC(C)Cc1nc(N)nc2ccc(-c3ccc(F)cc3)nc12.Nc1nc(-n2cncn2)c2nc(-c3ccc(F)cc3)ccc2n1. The van der Waals surface area contributed by atoms with E-state index in [4.69, 9.17) is 11.5 Å². The average molecular weight is 604 g/mol. The third-order valence-corrected chi connectivity index (χ3v) is 6.69. The molecule has 5 heterocycles. The summed E-state index contributed by atoms with van der Waals surface area (Å²) in [6.45, 7) is 4.24. The fourth-order valence-corrected chi connectivity index (χ4v) is 4.68. The number of benzene rings is 2. The number of fused-ring (bicyclic) bond motifs is 2. The van der Waals surface area contributed by atoms with Gasteiger partial charge < -0.3 is 11.5 Å². The molecule has 13 heteroatoms. The number of anilines is 2. The van der Waals surface area contributed by atoms with Crippen LogP contribution in [-0.4, -0.2) is 44.7 Å². The van der Waals surface area contributed by atoms with Gasteiger partial charge in [0.1, 0.15) is 35.3 Å². The number of nitrogens with zero attached hydrogens (tertiary/aromatic N) is 9. The summed E-state index contributed by atoms with van der Waals surface area (Å²) in [5.41, 5.74) is 18.1. The van der Waals surface area contributed by atoms with Crippen molar-refractivity contribution in [1.29, 1.82) is 0 Å². The lowest BCUT2D eigenvalue weighted by Crippen LogP contribution is -2.06. The number of pyridine rings is 2. The number of nitrogen functional groups attached to an aromatic ring is 2. The van der Waals surface area contributed by atoms with E-state index in [9.17, 15) is 8.78 Å². The Hall–Kier alpha value is -5.98. The van der Waals surface area contributed by atoms with E-state index in [2.05, 4.69) is 53.8 Å². The number of rotatable bonds is 5. The fraction of sp³-hybridized carbons (Fsp3) is 0.125. The van der Waals surface area contributed by atoms with E-state index >= 15 is 0 Å². The number of hydrogen-bond donors (Lipinski definition) is 2. The Labute approximate surface area is 256 Å². The van der Waals surface area contributed by atoms with Gasteiger partial charge in [0.2, 0.25) is 11.9 Å². The topological polar surface area (TPSA) is 160 Å². The van der Waals surface area contributed by atoms with Gasteiger partial charge in [-0.15, -0.1) is 0 Å². The molecule has 0 fully saturated rings. The Bertz CT molecular complexity index is 2100. The van der Waals surface area contributed by atoms with Gasteiger partial charge >= 0.3 is 0 Å². The van der Waals surface area contributed by atoms with Crippen molar-refractivity contribution < 1.29 is 8.78 Å². The van der Waals surface area contributed by atoms with Crippen molar-refractivity contribution in [3.8, 4) is 28.3 Å². The second-order valence-corrected chi connectivity index (χ2v) is 10.5. The molecule has 0 amide bonds. The minimum absolute atomic E-state index is 0.124. The maximum Gasteiger partial charge on any atom is 0.222 e. The summed E-state index contributed by atoms with van der Waals surface area (Å²) in [4.78, 5) is 30.1. The smallest absolute Gasteiger partial charge is 0.222 e. The highest BCUT2D eigenvalue weighted by atomic mass is 19.1. The predicted octanol–water partition coefficient (Wildman–Crippen LogP) is 5.61. The van der Waals surface area contributed by atoms with Crippen molar-refractivity contribution in [1.82, 2.24) is 44.7 Å². The van der Waals surface area contributed by atoms with E-state index in [1.807, 2.05) is 12.1 Å². The minimum atomic E-state index is -0.297. The zero-order valence-corrected chi connectivity index (χ0v) is 24.3. The largest absolute Gasteiger partial charge is 0.368 e. The molecule has 0 aliphatic carbocycles. The van der Waals surface area contributed by atoms with Crippen LogP contribution in [0.15, 0.2) is 85.5 Å². The lowest BCUT2D eigenvalue weighted by molar-refractivity contribution is 0.627. The van der Waals surface area contributed by atoms with Crippen molar-refractivity contribution in [2.45, 2.75) is 20.3 Å². The Balaban J connectivity index is 0.000000159. The first-order valence-electron chi connectivity index (χ1n) is 14.0. The average Bonchev–Trinajstić information content (AvgIpc) is 3.56. The highest BCUT2D eigenvalue weighted by Crippen LogP contribution is 2.25. The summed E-state index contributed by atoms with van der Waals surface area (Å²) in [5.74, 6) is 0.705. The maximum absolute atomic E-state index is 13.1. The van der Waals surface area contributed by atoms with Crippen LogP contribution in [0.25, 0.3) is 50.4 Å². The third kappa shape index (κ3) is 6.51. The molecule has 5 aromatic heterocycles. The van der Waals surface area contributed by atoms with Crippen LogP contribution in [0.1, 0.15) is 19.5 Å². The monoisotopic (exact) mass is 603 g/mol. The van der Waals surface area contributed by atoms with Crippen molar-refractivity contribution >= 4 is 34.0 Å². The molecule has 2 aromatic carbocycles. The number of halogens is 2. The van der Waals surface area contributed by atoms with Crippen molar-refractivity contribution in [3.63, 3.8) is 0 Å². The molecular formula is C32H27F2N11. The summed E-state index contributed by atoms with van der Waals surface area (Å²) < 4.78 is 27.6. The van der Waals surface area contributed by atoms with Crippen LogP contribution in [0.3, 0.4) is 0 Å². The van der Waals surface area contributed by atoms with Gasteiger partial charge in [-0.25, -0.2) is 43.4 Å². The number of aromatic nitrogens is 9. The Morgan fingerprint density at radius 1 is 0.644 bits per heavy atom. The van der Waals surface area contributed by atoms with Gasteiger partial charge in [-0.1, -0.05) is 13.8 Å². The first kappa shape index (κ1) is 29.1. The molecule has 7 rings (SSSR count). The molecule has 0 aliphatic heterocycles. The molecule has 45 heavy (non-hydrogen) atoms. The van der Waals surface area contributed by atoms with E-state index in [-0.39, 0.29) is 23.5 Å². The van der Waals surface area contributed by atoms with Crippen LogP contribution in [0, 0.1) is 17.6 Å². The summed E-state index contributed by atoms with van der Waals surface area (Å²) in [7, 11) is 0. The van der Waals surface area contributed by atoms with Crippen LogP contribution in [0.5, 0.6) is 0 Å². The molecular weight excluding hydrogens is 576 g/mol. The van der Waals surface area contributed by atoms with Crippen LogP contribution in [-0.2, 0) is 6.42 Å². The second kappa shape index (κ2) is 12.3. The molecule has 0 atom stereocenters. The maximum atomic E-state index is 13.1. The van der Waals surface area contributed by atoms with Gasteiger partial charge in [-0.2, -0.15) is 10.1 Å². The molecule has 0 saturated heterocycles. The Kier molecular flexibility index (Phi) is 7.97. The van der Waals surface area contributed by atoms with Crippen LogP contribution in [0.2, 0.25) is 0 Å². The molecule has 0 spiro atoms. The molecule has 0 aliphatic rings. The Morgan fingerprint density at radius 3 is 1.71 bits per heavy atom. The van der Waals surface area contributed by atoms with E-state index in [0.29, 0.717) is 28.5 Å². The molecule has 4 N–H and O–H groups in total. The third-order valence-electron chi connectivity index (χ3n) is 6.69. The zero-order valence-electron chi connectivity index (χ0n) is 24.3. The lowest BCUT2D eigenvalue weighted by Gasteiger charge is -2.09. The molecule has 0 unspecified atom stereocenters. The van der Waals surface area contributed by atoms with E-state index in [0.717, 1.165) is 40.0 Å². The van der Waals surface area contributed by atoms with Crippen molar-refractivity contribution in [2.75, 3.05) is 11.5 Å². The van der Waals surface area contributed by atoms with Gasteiger partial charge in [0.25, 0.3) is 0 Å². The standard InChI is InChI=1S/C17H17FN4.C15H10FN7/c1-10(2)9-15-16-14(21-17(19)22-15)8-7-13(20-16)11-3-5-12(18)6-4-11;16-10-3-1-9(2-4-10)11-5-6-12-13(20-11)14(22-15(17)21-12)23-8-18-7-19-23/h3-8,10H,9H2,1-2H3,(H2,19,21,22);1-8H,(H2,17,21,22). The van der Waals surface area contributed by atoms with Crippen LogP contribution < -0.4 is 11.5 Å². The normalized spacial score (nSPS) is 11.1. The number of hydrogen-bond acceptors (Lipinski definition) is 10. The second-order valence-electron chi connectivity index (χ2n) is 10.5. The van der Waals surface area contributed by atoms with E-state index in [1.165, 1.54) is 41.6 Å². The highest BCUT2D eigenvalue weighted by molar-refractivity contribution is 5.84. The van der Waals surface area contributed by atoms with Gasteiger partial charge in [-0.05, 0) is 85.1 Å². The number of nitrogens with two attached hydrogens (primary N) is 2. The quantitative estimate of drug-likeness (QED) is 0.253. The Morgan fingerprint density at radius 2 is 1.18 bits per heavy atom. The highest BCUT2D eigenvalue weighted by Gasteiger charge is 2.13. The molecule has 0 bridgehead atoms. The summed E-state index contributed by atoms with van der Waals surface area (Å²) in [5, 5.41) is 4.06. The van der Waals surface area contributed by atoms with Crippen molar-refractivity contribution in [3.05, 3.63) is 103 Å². The van der Waals surface area contributed by atoms with E-state index in [1.54, 1.807) is 36.4 Å². The van der Waals surface area contributed by atoms with Crippen LogP contribution in [0.4, 0.5) is 20.7 Å². The van der Waals surface area contributed by atoms with Crippen LogP contribution >= 0.6 is 0 Å². The van der Waals surface area contributed by atoms with Gasteiger partial charge in [0, 0.05) is 11.1 Å². The minimum Gasteiger partial charge on any atom is -0.368 e. The fourth-order valence-electron chi connectivity index (χ4n) is 4.68. The molecule has 0 radical (unpaired) electrons. The molecule has 11 nitrogen and oxygen atoms in total. The lowest BCUT2D eigenvalue weighted by atomic mass is 10.1. The van der Waals surface area contributed by atoms with Crippen molar-refractivity contribution in [2.24, 2.45) is 5.92 Å². The van der Waals surface area contributed by atoms with Gasteiger partial charge in [0.05, 0.1) is 28.1 Å². The first-order valence-corrected chi connectivity index (χ1v) is 14.0. The zero-order chi connectivity index (χ0) is 31.5. The molecule has 224 valence electrons. The molecule has 0 saturated carbocycles. The summed E-state index contributed by atoms with van der Waals surface area (Å²) >= 11 is 0. The van der Waals surface area contributed by atoms with Gasteiger partial charge in [0.15, 0.2) is 5.82 Å². The summed E-state index contributed by atoms with van der Waals surface area (Å²) in [6.07, 6.45) is 3.69. The van der Waals surface area contributed by atoms with Gasteiger partial charge in [-0.3, -0.25) is 0 Å². The summed E-state index contributed by atoms with van der Waals surface area (Å²) in [6, 6.07) is 19.7. The first-order chi connectivity index (χ1) is 21.7.